The van der Waals surface area contributed by atoms with E-state index in [9.17, 15) is 0 Å². The van der Waals surface area contributed by atoms with Crippen LogP contribution in [-0.4, -0.2) is 39.5 Å². The van der Waals surface area contributed by atoms with E-state index in [2.05, 4.69) is 27.1 Å². The minimum atomic E-state index is 0.388. The predicted molar refractivity (Wildman–Crippen MR) is 71.1 cm³/mol. The van der Waals surface area contributed by atoms with Gasteiger partial charge in [-0.1, -0.05) is 12.8 Å². The van der Waals surface area contributed by atoms with Gasteiger partial charge in [-0.2, -0.15) is 0 Å². The van der Waals surface area contributed by atoms with Gasteiger partial charge in [0.2, 0.25) is 0 Å². The first-order valence-electron chi connectivity index (χ1n) is 7.01. The van der Waals surface area contributed by atoms with Gasteiger partial charge in [-0.3, -0.25) is 4.90 Å². The molecule has 4 heteroatoms. The zero-order chi connectivity index (χ0) is 12.4. The number of piperazine rings is 1. The fourth-order valence-corrected chi connectivity index (χ4v) is 3.31. The SMILES string of the molecule is CC1CNC2(CCCC2)CN1Cc1ccncn1. The van der Waals surface area contributed by atoms with E-state index in [0.29, 0.717) is 11.6 Å². The third-order valence-corrected chi connectivity index (χ3v) is 4.47. The molecule has 98 valence electrons. The maximum atomic E-state index is 4.35. The van der Waals surface area contributed by atoms with Crippen LogP contribution >= 0.6 is 0 Å². The second kappa shape index (κ2) is 4.94. The molecule has 2 fully saturated rings. The van der Waals surface area contributed by atoms with Crippen LogP contribution < -0.4 is 5.32 Å². The molecule has 1 N–H and O–H groups in total. The Hall–Kier alpha value is -1.00. The second-order valence-corrected chi connectivity index (χ2v) is 5.82. The van der Waals surface area contributed by atoms with Crippen LogP contribution in [0.3, 0.4) is 0 Å². The van der Waals surface area contributed by atoms with Crippen LogP contribution in [0.2, 0.25) is 0 Å². The zero-order valence-corrected chi connectivity index (χ0v) is 11.1. The Morgan fingerprint density at radius 2 is 2.28 bits per heavy atom. The van der Waals surface area contributed by atoms with Gasteiger partial charge in [-0.15, -0.1) is 0 Å². The van der Waals surface area contributed by atoms with Gasteiger partial charge in [0.05, 0.1) is 5.69 Å². The molecule has 1 saturated carbocycles. The molecule has 0 aromatic carbocycles. The van der Waals surface area contributed by atoms with E-state index in [4.69, 9.17) is 0 Å². The topological polar surface area (TPSA) is 41.0 Å². The summed E-state index contributed by atoms with van der Waals surface area (Å²) in [5.41, 5.74) is 1.52. The highest BCUT2D eigenvalue weighted by Gasteiger charge is 2.39. The smallest absolute Gasteiger partial charge is 0.115 e. The van der Waals surface area contributed by atoms with Gasteiger partial charge in [0.1, 0.15) is 6.33 Å². The Balaban J connectivity index is 1.70. The Bertz CT molecular complexity index is 386. The minimum Gasteiger partial charge on any atom is -0.308 e. The lowest BCUT2D eigenvalue weighted by molar-refractivity contribution is 0.0815. The molecule has 1 aliphatic heterocycles. The van der Waals surface area contributed by atoms with Crippen LogP contribution in [0, 0.1) is 0 Å². The molecular weight excluding hydrogens is 224 g/mol. The van der Waals surface area contributed by atoms with E-state index in [0.717, 1.165) is 25.3 Å². The average Bonchev–Trinajstić information content (AvgIpc) is 2.84. The molecule has 0 bridgehead atoms. The molecule has 1 saturated heterocycles. The summed E-state index contributed by atoms with van der Waals surface area (Å²) in [4.78, 5) is 10.9. The van der Waals surface area contributed by atoms with Crippen LogP contribution in [-0.2, 0) is 6.54 Å². The van der Waals surface area contributed by atoms with Crippen molar-refractivity contribution in [1.29, 1.82) is 0 Å². The molecular formula is C14H22N4. The largest absolute Gasteiger partial charge is 0.308 e. The number of aromatic nitrogens is 2. The molecule has 1 spiro atoms. The van der Waals surface area contributed by atoms with Gasteiger partial charge < -0.3 is 5.32 Å². The Labute approximate surface area is 109 Å². The molecule has 4 nitrogen and oxygen atoms in total. The number of nitrogens with one attached hydrogen (secondary N) is 1. The molecule has 1 unspecified atom stereocenters. The first-order chi connectivity index (χ1) is 8.77. The van der Waals surface area contributed by atoms with Crippen LogP contribution in [0.15, 0.2) is 18.6 Å². The van der Waals surface area contributed by atoms with E-state index in [1.165, 1.54) is 25.7 Å². The number of hydrogen-bond donors (Lipinski definition) is 1. The Kier molecular flexibility index (Phi) is 3.31. The minimum absolute atomic E-state index is 0.388. The van der Waals surface area contributed by atoms with Crippen molar-refractivity contribution in [3.63, 3.8) is 0 Å². The van der Waals surface area contributed by atoms with Crippen molar-refractivity contribution in [3.8, 4) is 0 Å². The Morgan fingerprint density at radius 1 is 1.44 bits per heavy atom. The summed E-state index contributed by atoms with van der Waals surface area (Å²) in [5.74, 6) is 0. The summed E-state index contributed by atoms with van der Waals surface area (Å²) >= 11 is 0. The number of nitrogens with zero attached hydrogens (tertiary/aromatic N) is 3. The van der Waals surface area contributed by atoms with Gasteiger partial charge in [-0.05, 0) is 25.8 Å². The summed E-state index contributed by atoms with van der Waals surface area (Å²) in [5, 5.41) is 3.79. The summed E-state index contributed by atoms with van der Waals surface area (Å²) in [6.07, 6.45) is 8.90. The maximum Gasteiger partial charge on any atom is 0.115 e. The Morgan fingerprint density at radius 3 is 3.00 bits per heavy atom. The van der Waals surface area contributed by atoms with Crippen molar-refractivity contribution in [2.45, 2.75) is 50.7 Å². The first-order valence-corrected chi connectivity index (χ1v) is 7.01. The van der Waals surface area contributed by atoms with Gasteiger partial charge in [0, 0.05) is 37.4 Å². The highest BCUT2D eigenvalue weighted by atomic mass is 15.3. The molecule has 0 radical (unpaired) electrons. The molecule has 18 heavy (non-hydrogen) atoms. The molecule has 2 aliphatic rings. The normalized spacial score (nSPS) is 27.7. The standard InChI is InChI=1S/C14H22N4/c1-12-8-17-14(5-2-3-6-14)10-18(12)9-13-4-7-15-11-16-13/h4,7,11-12,17H,2-3,5-6,8-10H2,1H3. The molecule has 1 atom stereocenters. The molecule has 1 aromatic heterocycles. The molecule has 1 aliphatic carbocycles. The number of hydrogen-bond acceptors (Lipinski definition) is 4. The predicted octanol–water partition coefficient (Wildman–Crippen LogP) is 1.58. The van der Waals surface area contributed by atoms with E-state index >= 15 is 0 Å². The van der Waals surface area contributed by atoms with Crippen LogP contribution in [0.25, 0.3) is 0 Å². The van der Waals surface area contributed by atoms with E-state index in [1.54, 1.807) is 6.33 Å². The lowest BCUT2D eigenvalue weighted by atomic mass is 9.92. The monoisotopic (exact) mass is 246 g/mol. The van der Waals surface area contributed by atoms with Gasteiger partial charge in [0.15, 0.2) is 0 Å². The van der Waals surface area contributed by atoms with E-state index in [-0.39, 0.29) is 0 Å². The van der Waals surface area contributed by atoms with Crippen LogP contribution in [0.1, 0.15) is 38.3 Å². The summed E-state index contributed by atoms with van der Waals surface area (Å²) in [6, 6.07) is 2.61. The third kappa shape index (κ3) is 2.40. The van der Waals surface area contributed by atoms with Crippen molar-refractivity contribution in [2.75, 3.05) is 13.1 Å². The van der Waals surface area contributed by atoms with E-state index < -0.39 is 0 Å². The van der Waals surface area contributed by atoms with Gasteiger partial charge in [0.25, 0.3) is 0 Å². The summed E-state index contributed by atoms with van der Waals surface area (Å²) in [7, 11) is 0. The average molecular weight is 246 g/mol. The highest BCUT2D eigenvalue weighted by Crippen LogP contribution is 2.33. The fourth-order valence-electron chi connectivity index (χ4n) is 3.31. The molecule has 2 heterocycles. The maximum absolute atomic E-state index is 4.35. The zero-order valence-electron chi connectivity index (χ0n) is 11.1. The van der Waals surface area contributed by atoms with Crippen molar-refractivity contribution >= 4 is 0 Å². The van der Waals surface area contributed by atoms with Crippen molar-refractivity contribution in [3.05, 3.63) is 24.3 Å². The molecule has 0 amide bonds. The highest BCUT2D eigenvalue weighted by molar-refractivity contribution is 5.04. The summed E-state index contributed by atoms with van der Waals surface area (Å²) < 4.78 is 0. The second-order valence-electron chi connectivity index (χ2n) is 5.82. The fraction of sp³-hybridized carbons (Fsp3) is 0.714. The van der Waals surface area contributed by atoms with Gasteiger partial charge in [-0.25, -0.2) is 9.97 Å². The quantitative estimate of drug-likeness (QED) is 0.860. The van der Waals surface area contributed by atoms with E-state index in [1.807, 2.05) is 12.3 Å². The van der Waals surface area contributed by atoms with Gasteiger partial charge >= 0.3 is 0 Å². The van der Waals surface area contributed by atoms with Crippen molar-refractivity contribution < 1.29 is 0 Å². The molecule has 1 aromatic rings. The lowest BCUT2D eigenvalue weighted by Crippen LogP contribution is -2.62. The van der Waals surface area contributed by atoms with Crippen LogP contribution in [0.4, 0.5) is 0 Å². The first kappa shape index (κ1) is 12.1. The van der Waals surface area contributed by atoms with Crippen molar-refractivity contribution in [2.24, 2.45) is 0 Å². The third-order valence-electron chi connectivity index (χ3n) is 4.47. The van der Waals surface area contributed by atoms with Crippen molar-refractivity contribution in [1.82, 2.24) is 20.2 Å². The lowest BCUT2D eigenvalue weighted by Gasteiger charge is -2.45. The summed E-state index contributed by atoms with van der Waals surface area (Å²) in [6.45, 7) is 5.52. The van der Waals surface area contributed by atoms with Crippen LogP contribution in [0.5, 0.6) is 0 Å². The molecule has 3 rings (SSSR count). The number of rotatable bonds is 2.